The Labute approximate surface area is 154 Å². The molecule has 1 heterocycles. The summed E-state index contributed by atoms with van der Waals surface area (Å²) in [7, 11) is 0. The van der Waals surface area contributed by atoms with Crippen molar-refractivity contribution in [3.05, 3.63) is 59.1 Å². The van der Waals surface area contributed by atoms with Crippen molar-refractivity contribution in [3.63, 3.8) is 0 Å². The average Bonchev–Trinajstić information content (AvgIpc) is 3.00. The minimum atomic E-state index is 0.0278. The van der Waals surface area contributed by atoms with Crippen LogP contribution in [-0.4, -0.2) is 23.2 Å². The summed E-state index contributed by atoms with van der Waals surface area (Å²) in [6.45, 7) is 2.75. The van der Waals surface area contributed by atoms with E-state index in [2.05, 4.69) is 29.4 Å². The molecule has 6 heteroatoms. The van der Waals surface area contributed by atoms with Crippen molar-refractivity contribution in [3.8, 4) is 0 Å². The van der Waals surface area contributed by atoms with Crippen molar-refractivity contribution in [2.75, 3.05) is 12.3 Å². The largest absolute Gasteiger partial charge is 0.355 e. The standard InChI is InChI=1S/C18H17ClN2OS2/c1-12(13-5-3-2-4-6-13)10-20-17(22)11-23-18-21-15-9-14(19)7-8-16(15)24-18/h2-9,12H,10-11H2,1H3,(H,20,22)/t12-/m0/s1. The number of benzene rings is 2. The molecule has 24 heavy (non-hydrogen) atoms. The molecule has 3 nitrogen and oxygen atoms in total. The summed E-state index contributed by atoms with van der Waals surface area (Å²) < 4.78 is 1.97. The van der Waals surface area contributed by atoms with E-state index in [0.717, 1.165) is 14.6 Å². The number of thiazole rings is 1. The van der Waals surface area contributed by atoms with E-state index in [1.807, 2.05) is 36.4 Å². The van der Waals surface area contributed by atoms with Crippen LogP contribution in [0.4, 0.5) is 0 Å². The molecule has 1 amide bonds. The SMILES string of the molecule is C[C@@H](CNC(=O)CSc1nc2cc(Cl)ccc2s1)c1ccccc1. The van der Waals surface area contributed by atoms with Gasteiger partial charge in [0.05, 0.1) is 16.0 Å². The van der Waals surface area contributed by atoms with Crippen LogP contribution in [0.25, 0.3) is 10.2 Å². The molecule has 0 fully saturated rings. The lowest BCUT2D eigenvalue weighted by Gasteiger charge is -2.12. The lowest BCUT2D eigenvalue weighted by Crippen LogP contribution is -2.28. The molecule has 1 atom stereocenters. The van der Waals surface area contributed by atoms with Crippen LogP contribution in [0.5, 0.6) is 0 Å². The lowest BCUT2D eigenvalue weighted by molar-refractivity contribution is -0.118. The number of nitrogens with one attached hydrogen (secondary N) is 1. The van der Waals surface area contributed by atoms with Crippen LogP contribution in [0.2, 0.25) is 5.02 Å². The van der Waals surface area contributed by atoms with Crippen LogP contribution in [0.3, 0.4) is 0 Å². The topological polar surface area (TPSA) is 42.0 Å². The second-order valence-electron chi connectivity index (χ2n) is 5.50. The van der Waals surface area contributed by atoms with Gasteiger partial charge < -0.3 is 5.32 Å². The predicted molar refractivity (Wildman–Crippen MR) is 103 cm³/mol. The minimum absolute atomic E-state index is 0.0278. The van der Waals surface area contributed by atoms with Gasteiger partial charge in [-0.2, -0.15) is 0 Å². The first-order chi connectivity index (χ1) is 11.6. The number of nitrogens with zero attached hydrogens (tertiary/aromatic N) is 1. The normalized spacial score (nSPS) is 12.2. The molecule has 2 aromatic carbocycles. The third kappa shape index (κ3) is 4.50. The van der Waals surface area contributed by atoms with Gasteiger partial charge in [-0.05, 0) is 29.7 Å². The fourth-order valence-corrected chi connectivity index (χ4v) is 4.33. The predicted octanol–water partition coefficient (Wildman–Crippen LogP) is 4.96. The lowest BCUT2D eigenvalue weighted by atomic mass is 10.0. The number of aromatic nitrogens is 1. The summed E-state index contributed by atoms with van der Waals surface area (Å²) in [6.07, 6.45) is 0. The highest BCUT2D eigenvalue weighted by Crippen LogP contribution is 2.30. The zero-order valence-corrected chi connectivity index (χ0v) is 15.5. The Morgan fingerprint density at radius 3 is 2.88 bits per heavy atom. The van der Waals surface area contributed by atoms with Crippen molar-refractivity contribution in [2.45, 2.75) is 17.2 Å². The van der Waals surface area contributed by atoms with E-state index in [9.17, 15) is 4.79 Å². The van der Waals surface area contributed by atoms with Crippen molar-refractivity contribution < 1.29 is 4.79 Å². The van der Waals surface area contributed by atoms with Gasteiger partial charge in [0.1, 0.15) is 0 Å². The molecule has 0 aliphatic rings. The number of carbonyl (C=O) groups excluding carboxylic acids is 1. The monoisotopic (exact) mass is 376 g/mol. The van der Waals surface area contributed by atoms with Gasteiger partial charge in [0.2, 0.25) is 5.91 Å². The molecular formula is C18H17ClN2OS2. The Bertz CT molecular complexity index is 835. The van der Waals surface area contributed by atoms with Gasteiger partial charge in [0.25, 0.3) is 0 Å². The van der Waals surface area contributed by atoms with E-state index < -0.39 is 0 Å². The fourth-order valence-electron chi connectivity index (χ4n) is 2.29. The molecule has 3 aromatic rings. The fraction of sp³-hybridized carbons (Fsp3) is 0.222. The minimum Gasteiger partial charge on any atom is -0.355 e. The quantitative estimate of drug-likeness (QED) is 0.618. The van der Waals surface area contributed by atoms with E-state index in [0.29, 0.717) is 23.2 Å². The molecular weight excluding hydrogens is 360 g/mol. The molecule has 0 aliphatic carbocycles. The first-order valence-corrected chi connectivity index (χ1v) is 9.80. The number of rotatable bonds is 6. The maximum atomic E-state index is 12.0. The first kappa shape index (κ1) is 17.3. The number of carbonyl (C=O) groups is 1. The smallest absolute Gasteiger partial charge is 0.230 e. The second-order valence-corrected chi connectivity index (χ2v) is 8.19. The molecule has 0 unspecified atom stereocenters. The Morgan fingerprint density at radius 1 is 1.29 bits per heavy atom. The van der Waals surface area contributed by atoms with Crippen molar-refractivity contribution in [2.24, 2.45) is 0 Å². The Kier molecular flexibility index (Phi) is 5.76. The summed E-state index contributed by atoms with van der Waals surface area (Å²) in [6, 6.07) is 15.9. The third-order valence-electron chi connectivity index (χ3n) is 3.63. The molecule has 3 rings (SSSR count). The van der Waals surface area contributed by atoms with E-state index in [1.165, 1.54) is 17.3 Å². The van der Waals surface area contributed by atoms with Crippen molar-refractivity contribution in [1.82, 2.24) is 10.3 Å². The molecule has 0 bridgehead atoms. The summed E-state index contributed by atoms with van der Waals surface area (Å²) in [5, 5.41) is 3.67. The average molecular weight is 377 g/mol. The van der Waals surface area contributed by atoms with Crippen molar-refractivity contribution >= 4 is 50.8 Å². The molecule has 0 spiro atoms. The van der Waals surface area contributed by atoms with Gasteiger partial charge in [-0.1, -0.05) is 60.6 Å². The molecule has 0 aliphatic heterocycles. The van der Waals surface area contributed by atoms with Gasteiger partial charge in [-0.15, -0.1) is 11.3 Å². The van der Waals surface area contributed by atoms with Gasteiger partial charge >= 0.3 is 0 Å². The number of fused-ring (bicyclic) bond motifs is 1. The Hall–Kier alpha value is -1.56. The van der Waals surface area contributed by atoms with Gasteiger partial charge in [-0.25, -0.2) is 4.98 Å². The molecule has 0 saturated carbocycles. The molecule has 124 valence electrons. The van der Waals surface area contributed by atoms with Crippen LogP contribution < -0.4 is 5.32 Å². The van der Waals surface area contributed by atoms with Gasteiger partial charge in [0, 0.05) is 11.6 Å². The number of hydrogen-bond donors (Lipinski definition) is 1. The zero-order valence-electron chi connectivity index (χ0n) is 13.2. The number of hydrogen-bond acceptors (Lipinski definition) is 4. The Balaban J connectivity index is 1.49. The van der Waals surface area contributed by atoms with Crippen molar-refractivity contribution in [1.29, 1.82) is 0 Å². The van der Waals surface area contributed by atoms with Crippen LogP contribution in [-0.2, 0) is 4.79 Å². The van der Waals surface area contributed by atoms with E-state index in [4.69, 9.17) is 11.6 Å². The van der Waals surface area contributed by atoms with Crippen LogP contribution >= 0.6 is 34.7 Å². The Morgan fingerprint density at radius 2 is 2.08 bits per heavy atom. The van der Waals surface area contributed by atoms with Crippen LogP contribution in [0.1, 0.15) is 18.4 Å². The van der Waals surface area contributed by atoms with Gasteiger partial charge in [-0.3, -0.25) is 4.79 Å². The van der Waals surface area contributed by atoms with E-state index in [-0.39, 0.29) is 5.91 Å². The number of amides is 1. The van der Waals surface area contributed by atoms with Crippen LogP contribution in [0.15, 0.2) is 52.9 Å². The van der Waals surface area contributed by atoms with E-state index >= 15 is 0 Å². The second kappa shape index (κ2) is 8.01. The zero-order chi connectivity index (χ0) is 16.9. The highest BCUT2D eigenvalue weighted by Gasteiger charge is 2.10. The molecule has 0 radical (unpaired) electrons. The molecule has 1 aromatic heterocycles. The van der Waals surface area contributed by atoms with E-state index in [1.54, 1.807) is 11.3 Å². The summed E-state index contributed by atoms with van der Waals surface area (Å²) in [5.41, 5.74) is 2.11. The highest BCUT2D eigenvalue weighted by molar-refractivity contribution is 8.01. The highest BCUT2D eigenvalue weighted by atomic mass is 35.5. The van der Waals surface area contributed by atoms with Gasteiger partial charge in [0.15, 0.2) is 4.34 Å². The third-order valence-corrected chi connectivity index (χ3v) is 6.05. The number of thioether (sulfide) groups is 1. The maximum Gasteiger partial charge on any atom is 0.230 e. The molecule has 1 N–H and O–H groups in total. The summed E-state index contributed by atoms with van der Waals surface area (Å²) in [5.74, 6) is 0.694. The summed E-state index contributed by atoms with van der Waals surface area (Å²) >= 11 is 9.01. The maximum absolute atomic E-state index is 12.0. The number of halogens is 1. The summed E-state index contributed by atoms with van der Waals surface area (Å²) in [4.78, 5) is 16.6. The molecule has 0 saturated heterocycles. The first-order valence-electron chi connectivity index (χ1n) is 7.62. The van der Waals surface area contributed by atoms with Crippen LogP contribution in [0, 0.1) is 0 Å².